The van der Waals surface area contributed by atoms with Crippen LogP contribution in [0.1, 0.15) is 12.2 Å². The predicted molar refractivity (Wildman–Crippen MR) is 120 cm³/mol. The van der Waals surface area contributed by atoms with Gasteiger partial charge in [0.25, 0.3) is 10.0 Å². The van der Waals surface area contributed by atoms with Crippen LogP contribution in [0, 0.1) is 6.92 Å². The monoisotopic (exact) mass is 494 g/mol. The summed E-state index contributed by atoms with van der Waals surface area (Å²) >= 11 is 0. The van der Waals surface area contributed by atoms with Crippen molar-refractivity contribution in [2.24, 2.45) is 0 Å². The molecule has 0 aliphatic heterocycles. The number of benzene rings is 2. The number of rotatable bonds is 10. The molecule has 3 N–H and O–H groups in total. The Morgan fingerprint density at radius 3 is 2.15 bits per heavy atom. The molecule has 1 heterocycles. The van der Waals surface area contributed by atoms with E-state index >= 15 is 0 Å². The van der Waals surface area contributed by atoms with E-state index in [0.717, 1.165) is 0 Å². The average Bonchev–Trinajstić information content (AvgIpc) is 3.17. The number of aryl methyl sites for hydroxylation is 1. The Labute approximate surface area is 191 Å². The van der Waals surface area contributed by atoms with Crippen LogP contribution in [0.4, 0.5) is 11.5 Å². The van der Waals surface area contributed by atoms with E-state index in [1.165, 1.54) is 61.7 Å². The molecule has 0 saturated heterocycles. The van der Waals surface area contributed by atoms with Crippen molar-refractivity contribution in [1.29, 1.82) is 0 Å². The van der Waals surface area contributed by atoms with Gasteiger partial charge >= 0.3 is 0 Å². The Kier molecular flexibility index (Phi) is 7.36. The van der Waals surface area contributed by atoms with Gasteiger partial charge in [-0.3, -0.25) is 9.52 Å². The lowest BCUT2D eigenvalue weighted by molar-refractivity contribution is -0.116. The maximum absolute atomic E-state index is 12.4. The van der Waals surface area contributed by atoms with Crippen LogP contribution in [0.5, 0.6) is 5.75 Å². The molecule has 2 aromatic carbocycles. The van der Waals surface area contributed by atoms with Crippen LogP contribution in [-0.4, -0.2) is 41.6 Å². The summed E-state index contributed by atoms with van der Waals surface area (Å²) in [6.07, 6.45) is -0.123. The number of nitrogens with zero attached hydrogens (tertiary/aromatic N) is 1. The second-order valence-electron chi connectivity index (χ2n) is 6.82. The van der Waals surface area contributed by atoms with Gasteiger partial charge in [-0.15, -0.1) is 0 Å². The van der Waals surface area contributed by atoms with E-state index in [1.807, 2.05) is 0 Å². The molecule has 0 aliphatic carbocycles. The molecule has 3 rings (SSSR count). The number of sulfonamides is 2. The fourth-order valence-electron chi connectivity index (χ4n) is 2.69. The van der Waals surface area contributed by atoms with Gasteiger partial charge < -0.3 is 14.6 Å². The highest BCUT2D eigenvalue weighted by Crippen LogP contribution is 2.18. The van der Waals surface area contributed by atoms with Gasteiger partial charge in [0, 0.05) is 24.7 Å². The molecular formula is C20H22N4O7S2. The highest BCUT2D eigenvalue weighted by molar-refractivity contribution is 7.92. The summed E-state index contributed by atoms with van der Waals surface area (Å²) in [6, 6.07) is 12.7. The summed E-state index contributed by atoms with van der Waals surface area (Å²) < 4.78 is 63.8. The van der Waals surface area contributed by atoms with Crippen molar-refractivity contribution < 1.29 is 30.9 Å². The summed E-state index contributed by atoms with van der Waals surface area (Å²) in [5, 5.41) is 6.16. The minimum atomic E-state index is -3.88. The van der Waals surface area contributed by atoms with E-state index in [2.05, 4.69) is 19.9 Å². The number of nitrogens with one attached hydrogen (secondary N) is 3. The molecule has 11 nitrogen and oxygen atoms in total. The lowest BCUT2D eigenvalue weighted by Gasteiger charge is -2.09. The van der Waals surface area contributed by atoms with Crippen LogP contribution in [0.15, 0.2) is 68.9 Å². The van der Waals surface area contributed by atoms with Gasteiger partial charge in [-0.05, 0) is 55.5 Å². The second-order valence-corrected chi connectivity index (χ2v) is 10.3. The summed E-state index contributed by atoms with van der Waals surface area (Å²) in [4.78, 5) is 12.1. The molecule has 0 fully saturated rings. The number of carbonyl (C=O) groups excluding carboxylic acids is 1. The van der Waals surface area contributed by atoms with Crippen molar-refractivity contribution in [3.8, 4) is 5.75 Å². The fraction of sp³-hybridized carbons (Fsp3) is 0.200. The quantitative estimate of drug-likeness (QED) is 0.387. The topological polar surface area (TPSA) is 157 Å². The van der Waals surface area contributed by atoms with Crippen molar-refractivity contribution in [2.75, 3.05) is 23.7 Å². The van der Waals surface area contributed by atoms with Crippen molar-refractivity contribution in [2.45, 2.75) is 23.1 Å². The minimum Gasteiger partial charge on any atom is -0.497 e. The first-order chi connectivity index (χ1) is 15.6. The first-order valence-electron chi connectivity index (χ1n) is 9.59. The SMILES string of the molecule is COc1ccc(S(=O)(=O)NCCC(=O)Nc2ccc(S(=O)(=O)Nc3cc(C)on3)cc2)cc1. The Morgan fingerprint density at radius 2 is 1.58 bits per heavy atom. The second kappa shape index (κ2) is 10.0. The van der Waals surface area contributed by atoms with Crippen LogP contribution in [0.25, 0.3) is 0 Å². The van der Waals surface area contributed by atoms with Gasteiger partial charge in [0.05, 0.1) is 16.9 Å². The highest BCUT2D eigenvalue weighted by atomic mass is 32.2. The number of hydrogen-bond acceptors (Lipinski definition) is 8. The molecule has 176 valence electrons. The molecule has 0 aliphatic rings. The van der Waals surface area contributed by atoms with Crippen molar-refractivity contribution in [3.63, 3.8) is 0 Å². The third-order valence-corrected chi connectivity index (χ3v) is 7.18. The normalized spacial score (nSPS) is 11.7. The molecule has 0 radical (unpaired) electrons. The highest BCUT2D eigenvalue weighted by Gasteiger charge is 2.17. The van der Waals surface area contributed by atoms with Crippen LogP contribution >= 0.6 is 0 Å². The molecule has 0 saturated carbocycles. The number of methoxy groups -OCH3 is 1. The van der Waals surface area contributed by atoms with Gasteiger partial charge in [0.15, 0.2) is 5.82 Å². The zero-order valence-electron chi connectivity index (χ0n) is 17.7. The number of amides is 1. The summed E-state index contributed by atoms with van der Waals surface area (Å²) in [5.74, 6) is 0.592. The van der Waals surface area contributed by atoms with Crippen molar-refractivity contribution >= 4 is 37.5 Å². The number of anilines is 2. The van der Waals surface area contributed by atoms with E-state index in [0.29, 0.717) is 17.2 Å². The third kappa shape index (κ3) is 6.54. The molecule has 33 heavy (non-hydrogen) atoms. The van der Waals surface area contributed by atoms with E-state index in [-0.39, 0.29) is 28.6 Å². The van der Waals surface area contributed by atoms with E-state index in [9.17, 15) is 21.6 Å². The van der Waals surface area contributed by atoms with E-state index in [1.54, 1.807) is 6.92 Å². The third-order valence-electron chi connectivity index (χ3n) is 4.33. The maximum atomic E-state index is 12.4. The number of ether oxygens (including phenoxy) is 1. The van der Waals surface area contributed by atoms with Crippen LogP contribution < -0.4 is 19.5 Å². The van der Waals surface area contributed by atoms with Gasteiger partial charge in [0.2, 0.25) is 15.9 Å². The maximum Gasteiger partial charge on any atom is 0.263 e. The average molecular weight is 495 g/mol. The van der Waals surface area contributed by atoms with Crippen molar-refractivity contribution in [1.82, 2.24) is 9.88 Å². The van der Waals surface area contributed by atoms with Gasteiger partial charge in [0.1, 0.15) is 11.5 Å². The Bertz CT molecular complexity index is 1320. The van der Waals surface area contributed by atoms with Crippen LogP contribution in [-0.2, 0) is 24.8 Å². The number of hydrogen-bond donors (Lipinski definition) is 3. The first-order valence-corrected chi connectivity index (χ1v) is 12.6. The van der Waals surface area contributed by atoms with E-state index < -0.39 is 26.0 Å². The van der Waals surface area contributed by atoms with Gasteiger partial charge in [-0.2, -0.15) is 0 Å². The molecule has 0 bridgehead atoms. The molecule has 1 aromatic heterocycles. The standard InChI is InChI=1S/C20H22N4O7S2/c1-14-13-19(23-31-14)24-33(28,29)18-7-3-15(4-8-18)22-20(25)11-12-21-32(26,27)17-9-5-16(30-2)6-10-17/h3-10,13,21H,11-12H2,1-2H3,(H,22,25)(H,23,24). The predicted octanol–water partition coefficient (Wildman–Crippen LogP) is 2.10. The van der Waals surface area contributed by atoms with Crippen molar-refractivity contribution in [3.05, 3.63) is 60.4 Å². The van der Waals surface area contributed by atoms with E-state index in [4.69, 9.17) is 9.26 Å². The fourth-order valence-corrected chi connectivity index (χ4v) is 4.70. The van der Waals surface area contributed by atoms with Crippen LogP contribution in [0.2, 0.25) is 0 Å². The Hall–Kier alpha value is -3.42. The number of carbonyl (C=O) groups is 1. The Morgan fingerprint density at radius 1 is 0.970 bits per heavy atom. The summed E-state index contributed by atoms with van der Waals surface area (Å²) in [6.45, 7) is 1.51. The lowest BCUT2D eigenvalue weighted by atomic mass is 10.3. The molecule has 0 unspecified atom stereocenters. The Balaban J connectivity index is 1.52. The smallest absolute Gasteiger partial charge is 0.263 e. The molecule has 1 amide bonds. The van der Waals surface area contributed by atoms with Gasteiger partial charge in [-0.25, -0.2) is 21.6 Å². The molecular weight excluding hydrogens is 472 g/mol. The van der Waals surface area contributed by atoms with Gasteiger partial charge in [-0.1, -0.05) is 5.16 Å². The number of aromatic nitrogens is 1. The largest absolute Gasteiger partial charge is 0.497 e. The molecule has 3 aromatic rings. The molecule has 13 heteroatoms. The summed E-state index contributed by atoms with van der Waals surface area (Å²) in [5.41, 5.74) is 0.356. The molecule has 0 atom stereocenters. The molecule has 0 spiro atoms. The summed E-state index contributed by atoms with van der Waals surface area (Å²) in [7, 11) is -6.17. The minimum absolute atomic E-state index is 0.0339. The zero-order chi connectivity index (χ0) is 24.1. The first kappa shape index (κ1) is 24.2. The van der Waals surface area contributed by atoms with Crippen LogP contribution in [0.3, 0.4) is 0 Å². The lowest BCUT2D eigenvalue weighted by Crippen LogP contribution is -2.27. The zero-order valence-corrected chi connectivity index (χ0v) is 19.4.